The predicted molar refractivity (Wildman–Crippen MR) is 61.4 cm³/mol. The van der Waals surface area contributed by atoms with E-state index in [-0.39, 0.29) is 0 Å². The number of hydrogen-bond donors (Lipinski definition) is 1. The van der Waals surface area contributed by atoms with Crippen LogP contribution in [0.1, 0.15) is 33.0 Å². The molecule has 1 heterocycles. The van der Waals surface area contributed by atoms with E-state index in [4.69, 9.17) is 5.73 Å². The second-order valence-corrected chi connectivity index (χ2v) is 4.47. The number of nitrogens with two attached hydrogens (primary N) is 1. The summed E-state index contributed by atoms with van der Waals surface area (Å²) < 4.78 is 2.09. The fourth-order valence-electron chi connectivity index (χ4n) is 1.89. The summed E-state index contributed by atoms with van der Waals surface area (Å²) in [6, 6.07) is 0. The Kier molecular flexibility index (Phi) is 4.75. The van der Waals surface area contributed by atoms with Crippen molar-refractivity contribution in [3.63, 3.8) is 0 Å². The molecule has 0 unspecified atom stereocenters. The minimum absolute atomic E-state index is 0.527. The molecule has 0 saturated carbocycles. The maximum atomic E-state index is 5.77. The van der Waals surface area contributed by atoms with Crippen LogP contribution in [0.25, 0.3) is 0 Å². The molecule has 1 aromatic rings. The van der Waals surface area contributed by atoms with Crippen molar-refractivity contribution < 1.29 is 0 Å². The second kappa shape index (κ2) is 5.85. The third-order valence-electron chi connectivity index (χ3n) is 2.65. The van der Waals surface area contributed by atoms with E-state index in [1.807, 2.05) is 0 Å². The molecule has 86 valence electrons. The van der Waals surface area contributed by atoms with Gasteiger partial charge in [0.1, 0.15) is 12.2 Å². The van der Waals surface area contributed by atoms with Crippen LogP contribution in [-0.4, -0.2) is 21.3 Å². The molecule has 0 bridgehead atoms. The Morgan fingerprint density at radius 2 is 2.20 bits per heavy atom. The Balaban J connectivity index is 2.58. The van der Waals surface area contributed by atoms with Gasteiger partial charge in [0, 0.05) is 13.0 Å². The van der Waals surface area contributed by atoms with E-state index in [1.54, 1.807) is 6.33 Å². The molecule has 0 fully saturated rings. The maximum Gasteiger partial charge on any atom is 0.133 e. The van der Waals surface area contributed by atoms with Crippen LogP contribution in [0.2, 0.25) is 0 Å². The van der Waals surface area contributed by atoms with E-state index in [0.29, 0.717) is 11.8 Å². The molecule has 0 radical (unpaired) electrons. The van der Waals surface area contributed by atoms with E-state index >= 15 is 0 Å². The first-order chi connectivity index (χ1) is 7.17. The minimum Gasteiger partial charge on any atom is -0.330 e. The van der Waals surface area contributed by atoms with Gasteiger partial charge in [-0.25, -0.2) is 0 Å². The van der Waals surface area contributed by atoms with Crippen LogP contribution in [0.3, 0.4) is 0 Å². The summed E-state index contributed by atoms with van der Waals surface area (Å²) in [5.74, 6) is 2.28. The molecule has 15 heavy (non-hydrogen) atoms. The highest BCUT2D eigenvalue weighted by atomic mass is 15.3. The van der Waals surface area contributed by atoms with Crippen molar-refractivity contribution in [3.8, 4) is 0 Å². The summed E-state index contributed by atoms with van der Waals surface area (Å²) in [5.41, 5.74) is 5.77. The summed E-state index contributed by atoms with van der Waals surface area (Å²) >= 11 is 0. The first-order valence-electron chi connectivity index (χ1n) is 5.74. The van der Waals surface area contributed by atoms with Gasteiger partial charge in [-0.2, -0.15) is 0 Å². The predicted octanol–water partition coefficient (Wildman–Crippen LogP) is 1.46. The summed E-state index contributed by atoms with van der Waals surface area (Å²) in [6.45, 7) is 8.23. The van der Waals surface area contributed by atoms with E-state index < -0.39 is 0 Å². The van der Waals surface area contributed by atoms with E-state index in [2.05, 4.69) is 35.5 Å². The van der Waals surface area contributed by atoms with Gasteiger partial charge < -0.3 is 10.3 Å². The Labute approximate surface area is 91.9 Å². The Hall–Kier alpha value is -0.900. The van der Waals surface area contributed by atoms with Gasteiger partial charge in [-0.05, 0) is 31.7 Å². The zero-order chi connectivity index (χ0) is 11.3. The standard InChI is InChI=1S/C11H22N4/c1-4-15-8-13-14-11(15)6-10(7-12)5-9(2)3/h8-10H,4-7,12H2,1-3H3/t10-/m0/s1. The molecule has 1 aromatic heterocycles. The Morgan fingerprint density at radius 3 is 2.73 bits per heavy atom. The van der Waals surface area contributed by atoms with E-state index in [9.17, 15) is 0 Å². The lowest BCUT2D eigenvalue weighted by molar-refractivity contribution is 0.403. The summed E-state index contributed by atoms with van der Waals surface area (Å²) in [5, 5.41) is 8.07. The van der Waals surface area contributed by atoms with Crippen LogP contribution in [0.15, 0.2) is 6.33 Å². The number of rotatable bonds is 6. The van der Waals surface area contributed by atoms with Crippen LogP contribution in [0.4, 0.5) is 0 Å². The van der Waals surface area contributed by atoms with Crippen LogP contribution in [-0.2, 0) is 13.0 Å². The molecule has 0 aromatic carbocycles. The topological polar surface area (TPSA) is 56.7 Å². The third-order valence-corrected chi connectivity index (χ3v) is 2.65. The highest BCUT2D eigenvalue weighted by Crippen LogP contribution is 2.15. The highest BCUT2D eigenvalue weighted by molar-refractivity contribution is 4.88. The molecule has 0 aliphatic heterocycles. The molecule has 0 amide bonds. The molecular formula is C11H22N4. The molecule has 0 spiro atoms. The second-order valence-electron chi connectivity index (χ2n) is 4.47. The van der Waals surface area contributed by atoms with Gasteiger partial charge in [0.15, 0.2) is 0 Å². The highest BCUT2D eigenvalue weighted by Gasteiger charge is 2.13. The smallest absolute Gasteiger partial charge is 0.133 e. The van der Waals surface area contributed by atoms with Gasteiger partial charge in [-0.3, -0.25) is 0 Å². The van der Waals surface area contributed by atoms with Crippen molar-refractivity contribution in [2.75, 3.05) is 6.54 Å². The Morgan fingerprint density at radius 1 is 1.47 bits per heavy atom. The number of aryl methyl sites for hydroxylation is 1. The summed E-state index contributed by atoms with van der Waals surface area (Å²) in [6.07, 6.45) is 3.90. The summed E-state index contributed by atoms with van der Waals surface area (Å²) in [7, 11) is 0. The van der Waals surface area contributed by atoms with Gasteiger partial charge in [0.2, 0.25) is 0 Å². The zero-order valence-electron chi connectivity index (χ0n) is 9.98. The fourth-order valence-corrected chi connectivity index (χ4v) is 1.89. The average molecular weight is 210 g/mol. The monoisotopic (exact) mass is 210 g/mol. The SMILES string of the molecule is CCn1cnnc1C[C@@H](CN)CC(C)C. The fraction of sp³-hybridized carbons (Fsp3) is 0.818. The normalized spacial score (nSPS) is 13.4. The van der Waals surface area contributed by atoms with Crippen molar-refractivity contribution in [1.29, 1.82) is 0 Å². The van der Waals surface area contributed by atoms with Crippen LogP contribution in [0.5, 0.6) is 0 Å². The molecular weight excluding hydrogens is 188 g/mol. The van der Waals surface area contributed by atoms with E-state index in [1.165, 1.54) is 0 Å². The largest absolute Gasteiger partial charge is 0.330 e. The van der Waals surface area contributed by atoms with Crippen LogP contribution >= 0.6 is 0 Å². The van der Waals surface area contributed by atoms with E-state index in [0.717, 1.165) is 31.8 Å². The third kappa shape index (κ3) is 3.63. The minimum atomic E-state index is 0.527. The maximum absolute atomic E-state index is 5.77. The molecule has 1 atom stereocenters. The Bertz CT molecular complexity index is 280. The molecule has 0 aliphatic carbocycles. The molecule has 2 N–H and O–H groups in total. The average Bonchev–Trinajstić information content (AvgIpc) is 2.63. The zero-order valence-corrected chi connectivity index (χ0v) is 9.98. The van der Waals surface area contributed by atoms with Crippen molar-refractivity contribution in [3.05, 3.63) is 12.2 Å². The number of nitrogens with zero attached hydrogens (tertiary/aromatic N) is 3. The lowest BCUT2D eigenvalue weighted by Crippen LogP contribution is -2.20. The van der Waals surface area contributed by atoms with Gasteiger partial charge in [-0.15, -0.1) is 10.2 Å². The first kappa shape index (κ1) is 12.2. The molecule has 4 heteroatoms. The van der Waals surface area contributed by atoms with Crippen LogP contribution in [0, 0.1) is 11.8 Å². The van der Waals surface area contributed by atoms with Gasteiger partial charge in [0.05, 0.1) is 0 Å². The lowest BCUT2D eigenvalue weighted by Gasteiger charge is -2.16. The quantitative estimate of drug-likeness (QED) is 0.773. The van der Waals surface area contributed by atoms with Crippen molar-refractivity contribution in [2.24, 2.45) is 17.6 Å². The first-order valence-corrected chi connectivity index (χ1v) is 5.74. The van der Waals surface area contributed by atoms with Crippen LogP contribution < -0.4 is 5.73 Å². The number of hydrogen-bond acceptors (Lipinski definition) is 3. The lowest BCUT2D eigenvalue weighted by atomic mass is 9.94. The molecule has 4 nitrogen and oxygen atoms in total. The molecule has 0 aliphatic rings. The van der Waals surface area contributed by atoms with Gasteiger partial charge in [-0.1, -0.05) is 13.8 Å². The van der Waals surface area contributed by atoms with Crippen molar-refractivity contribution >= 4 is 0 Å². The van der Waals surface area contributed by atoms with Crippen molar-refractivity contribution in [2.45, 2.75) is 40.2 Å². The van der Waals surface area contributed by atoms with Gasteiger partial charge >= 0.3 is 0 Å². The molecule has 0 saturated heterocycles. The van der Waals surface area contributed by atoms with Gasteiger partial charge in [0.25, 0.3) is 0 Å². The number of aromatic nitrogens is 3. The molecule has 1 rings (SSSR count). The summed E-state index contributed by atoms with van der Waals surface area (Å²) in [4.78, 5) is 0. The van der Waals surface area contributed by atoms with Crippen molar-refractivity contribution in [1.82, 2.24) is 14.8 Å².